The van der Waals surface area contributed by atoms with Crippen LogP contribution in [0, 0.1) is 0 Å². The van der Waals surface area contributed by atoms with Crippen LogP contribution in [0.1, 0.15) is 24.8 Å². The van der Waals surface area contributed by atoms with E-state index in [-0.39, 0.29) is 18.6 Å². The summed E-state index contributed by atoms with van der Waals surface area (Å²) in [5.74, 6) is 0.805. The zero-order chi connectivity index (χ0) is 14.7. The van der Waals surface area contributed by atoms with Gasteiger partial charge in [0.25, 0.3) is 0 Å². The number of carbonyl (C=O) groups excluding carboxylic acids is 1. The van der Waals surface area contributed by atoms with Gasteiger partial charge in [0.05, 0.1) is 11.0 Å². The van der Waals surface area contributed by atoms with Crippen LogP contribution in [0.25, 0.3) is 11.0 Å². The van der Waals surface area contributed by atoms with Gasteiger partial charge in [-0.15, -0.1) is 6.58 Å². The van der Waals surface area contributed by atoms with Crippen molar-refractivity contribution in [1.82, 2.24) is 14.9 Å². The van der Waals surface area contributed by atoms with Gasteiger partial charge in [-0.25, -0.2) is 4.98 Å². The minimum absolute atomic E-state index is 0.00963. The van der Waals surface area contributed by atoms with Crippen LogP contribution in [0.3, 0.4) is 0 Å². The molecular formula is C16H19N3O2. The molecule has 5 heteroatoms. The van der Waals surface area contributed by atoms with Crippen molar-refractivity contribution in [2.75, 3.05) is 13.2 Å². The molecule has 0 spiro atoms. The van der Waals surface area contributed by atoms with Crippen LogP contribution in [0.5, 0.6) is 0 Å². The number of benzene rings is 1. The number of amides is 1. The van der Waals surface area contributed by atoms with Crippen molar-refractivity contribution in [3.8, 4) is 0 Å². The van der Waals surface area contributed by atoms with Gasteiger partial charge in [-0.05, 0) is 25.0 Å². The molecule has 1 fully saturated rings. The Morgan fingerprint density at radius 1 is 1.52 bits per heavy atom. The van der Waals surface area contributed by atoms with E-state index < -0.39 is 0 Å². The Labute approximate surface area is 123 Å². The Kier molecular flexibility index (Phi) is 4.01. The molecular weight excluding hydrogens is 266 g/mol. The van der Waals surface area contributed by atoms with E-state index in [0.717, 1.165) is 36.3 Å². The van der Waals surface area contributed by atoms with Gasteiger partial charge in [0.15, 0.2) is 0 Å². The van der Waals surface area contributed by atoms with Crippen molar-refractivity contribution in [3.63, 3.8) is 0 Å². The molecule has 21 heavy (non-hydrogen) atoms. The lowest BCUT2D eigenvalue weighted by Gasteiger charge is -2.13. The maximum absolute atomic E-state index is 12.0. The number of fused-ring (bicyclic) bond motifs is 1. The molecule has 3 rings (SSSR count). The van der Waals surface area contributed by atoms with E-state index >= 15 is 0 Å². The topological polar surface area (TPSA) is 56.2 Å². The molecule has 1 saturated heterocycles. The highest BCUT2D eigenvalue weighted by molar-refractivity contribution is 5.81. The normalized spacial score (nSPS) is 18.0. The first-order valence-electron chi connectivity index (χ1n) is 7.24. The molecule has 1 N–H and O–H groups in total. The summed E-state index contributed by atoms with van der Waals surface area (Å²) >= 11 is 0. The molecule has 1 aromatic heterocycles. The second-order valence-corrected chi connectivity index (χ2v) is 5.14. The molecule has 0 radical (unpaired) electrons. The van der Waals surface area contributed by atoms with E-state index in [1.54, 1.807) is 6.08 Å². The summed E-state index contributed by atoms with van der Waals surface area (Å²) in [6.45, 7) is 5.09. The van der Waals surface area contributed by atoms with Crippen molar-refractivity contribution in [2.45, 2.75) is 25.5 Å². The largest absolute Gasteiger partial charge is 0.370 e. The summed E-state index contributed by atoms with van der Waals surface area (Å²) in [6, 6.07) is 7.87. The number of nitrogens with zero attached hydrogens (tertiary/aromatic N) is 2. The summed E-state index contributed by atoms with van der Waals surface area (Å²) in [7, 11) is 0. The van der Waals surface area contributed by atoms with Crippen molar-refractivity contribution < 1.29 is 9.53 Å². The van der Waals surface area contributed by atoms with Crippen LogP contribution in [0.15, 0.2) is 36.9 Å². The fourth-order valence-corrected chi connectivity index (χ4v) is 2.67. The number of rotatable bonds is 5. The number of ether oxygens (including phenoxy) is 1. The van der Waals surface area contributed by atoms with E-state index in [9.17, 15) is 4.79 Å². The number of imidazole rings is 1. The predicted molar refractivity (Wildman–Crippen MR) is 80.9 cm³/mol. The Hall–Kier alpha value is -2.14. The summed E-state index contributed by atoms with van der Waals surface area (Å²) in [4.78, 5) is 16.7. The molecule has 1 aliphatic heterocycles. The van der Waals surface area contributed by atoms with Gasteiger partial charge < -0.3 is 14.6 Å². The molecule has 1 aromatic carbocycles. The van der Waals surface area contributed by atoms with Gasteiger partial charge >= 0.3 is 0 Å². The minimum atomic E-state index is -0.0442. The summed E-state index contributed by atoms with van der Waals surface area (Å²) in [5, 5.41) is 2.81. The third kappa shape index (κ3) is 2.83. The highest BCUT2D eigenvalue weighted by Gasteiger charge is 2.25. The maximum Gasteiger partial charge on any atom is 0.240 e. The second-order valence-electron chi connectivity index (χ2n) is 5.14. The zero-order valence-electron chi connectivity index (χ0n) is 11.9. The first-order valence-corrected chi connectivity index (χ1v) is 7.24. The van der Waals surface area contributed by atoms with E-state index in [4.69, 9.17) is 4.74 Å². The highest BCUT2D eigenvalue weighted by Crippen LogP contribution is 2.30. The molecule has 5 nitrogen and oxygen atoms in total. The smallest absolute Gasteiger partial charge is 0.240 e. The van der Waals surface area contributed by atoms with Gasteiger partial charge in [-0.2, -0.15) is 0 Å². The second kappa shape index (κ2) is 6.10. The van der Waals surface area contributed by atoms with Crippen LogP contribution in [0.2, 0.25) is 0 Å². The molecule has 2 heterocycles. The van der Waals surface area contributed by atoms with E-state index in [1.807, 2.05) is 28.8 Å². The van der Waals surface area contributed by atoms with E-state index in [2.05, 4.69) is 16.9 Å². The summed E-state index contributed by atoms with van der Waals surface area (Å²) in [6.07, 6.45) is 3.66. The Morgan fingerprint density at radius 2 is 2.38 bits per heavy atom. The van der Waals surface area contributed by atoms with E-state index in [1.165, 1.54) is 0 Å². The summed E-state index contributed by atoms with van der Waals surface area (Å²) in [5.41, 5.74) is 1.87. The average Bonchev–Trinajstić information content (AvgIpc) is 3.13. The average molecular weight is 285 g/mol. The molecule has 1 amide bonds. The monoisotopic (exact) mass is 285 g/mol. The first-order chi connectivity index (χ1) is 10.3. The van der Waals surface area contributed by atoms with Gasteiger partial charge in [0.2, 0.25) is 5.91 Å². The summed E-state index contributed by atoms with van der Waals surface area (Å²) < 4.78 is 7.70. The number of carbonyl (C=O) groups is 1. The number of hydrogen-bond acceptors (Lipinski definition) is 3. The zero-order valence-corrected chi connectivity index (χ0v) is 11.9. The van der Waals surface area contributed by atoms with Crippen LogP contribution in [-0.2, 0) is 16.1 Å². The third-order valence-corrected chi connectivity index (χ3v) is 3.65. The Bertz CT molecular complexity index is 657. The molecule has 1 unspecified atom stereocenters. The third-order valence-electron chi connectivity index (χ3n) is 3.65. The Balaban J connectivity index is 1.95. The first kappa shape index (κ1) is 13.8. The van der Waals surface area contributed by atoms with Gasteiger partial charge in [0, 0.05) is 13.2 Å². The number of nitrogens with one attached hydrogen (secondary N) is 1. The molecule has 0 bridgehead atoms. The fourth-order valence-electron chi connectivity index (χ4n) is 2.67. The van der Waals surface area contributed by atoms with Crippen molar-refractivity contribution in [3.05, 3.63) is 42.7 Å². The fraction of sp³-hybridized carbons (Fsp3) is 0.375. The van der Waals surface area contributed by atoms with Gasteiger partial charge in [0.1, 0.15) is 18.5 Å². The molecule has 1 atom stereocenters. The predicted octanol–water partition coefficient (Wildman–Crippen LogP) is 2.19. The van der Waals surface area contributed by atoms with Crippen LogP contribution < -0.4 is 5.32 Å². The highest BCUT2D eigenvalue weighted by atomic mass is 16.5. The lowest BCUT2D eigenvalue weighted by molar-refractivity contribution is -0.121. The molecule has 0 saturated carbocycles. The number of aromatic nitrogens is 2. The molecule has 2 aromatic rings. The quantitative estimate of drug-likeness (QED) is 0.857. The maximum atomic E-state index is 12.0. The SMILES string of the molecule is C=CCNC(=O)Cn1c(C2CCCO2)nc2ccccc21. The molecule has 1 aliphatic rings. The van der Waals surface area contributed by atoms with Crippen LogP contribution in [-0.4, -0.2) is 28.6 Å². The van der Waals surface area contributed by atoms with E-state index in [0.29, 0.717) is 6.54 Å². The minimum Gasteiger partial charge on any atom is -0.370 e. The molecule has 110 valence electrons. The lowest BCUT2D eigenvalue weighted by atomic mass is 10.2. The number of para-hydroxylation sites is 2. The lowest BCUT2D eigenvalue weighted by Crippen LogP contribution is -2.28. The van der Waals surface area contributed by atoms with Gasteiger partial charge in [-0.1, -0.05) is 18.2 Å². The van der Waals surface area contributed by atoms with Crippen molar-refractivity contribution >= 4 is 16.9 Å². The van der Waals surface area contributed by atoms with Crippen LogP contribution >= 0.6 is 0 Å². The standard InChI is InChI=1S/C16H19N3O2/c1-2-9-17-15(20)11-19-13-7-4-3-6-12(13)18-16(19)14-8-5-10-21-14/h2-4,6-7,14H,1,5,8-11H2,(H,17,20). The number of hydrogen-bond donors (Lipinski definition) is 1. The van der Waals surface area contributed by atoms with Crippen molar-refractivity contribution in [2.24, 2.45) is 0 Å². The van der Waals surface area contributed by atoms with Gasteiger partial charge in [-0.3, -0.25) is 4.79 Å². The van der Waals surface area contributed by atoms with Crippen molar-refractivity contribution in [1.29, 1.82) is 0 Å². The Morgan fingerprint density at radius 3 is 3.14 bits per heavy atom. The molecule has 0 aliphatic carbocycles. The van der Waals surface area contributed by atoms with Crippen LogP contribution in [0.4, 0.5) is 0 Å².